The van der Waals surface area contributed by atoms with E-state index in [-0.39, 0.29) is 0 Å². The van der Waals surface area contributed by atoms with Gasteiger partial charge in [-0.1, -0.05) is 24.6 Å². The van der Waals surface area contributed by atoms with Crippen molar-refractivity contribution in [1.29, 1.82) is 0 Å². The fourth-order valence-electron chi connectivity index (χ4n) is 1.92. The minimum absolute atomic E-state index is 0.346. The Bertz CT molecular complexity index is 380. The van der Waals surface area contributed by atoms with E-state index in [0.29, 0.717) is 17.1 Å². The molecule has 1 fully saturated rings. The molecular weight excluding hydrogens is 222 g/mol. The van der Waals surface area contributed by atoms with Crippen LogP contribution >= 0.6 is 11.6 Å². The fourth-order valence-corrected chi connectivity index (χ4v) is 2.19. The largest absolute Gasteiger partial charge is 0.495 e. The maximum absolute atomic E-state index is 6.10. The zero-order chi connectivity index (χ0) is 11.7. The van der Waals surface area contributed by atoms with Gasteiger partial charge in [0.1, 0.15) is 5.75 Å². The van der Waals surface area contributed by atoms with E-state index in [4.69, 9.17) is 16.3 Å². The highest BCUT2D eigenvalue weighted by molar-refractivity contribution is 6.32. The van der Waals surface area contributed by atoms with E-state index in [0.717, 1.165) is 11.7 Å². The molecule has 0 radical (unpaired) electrons. The molecule has 1 saturated carbocycles. The third-order valence-corrected chi connectivity index (χ3v) is 3.54. The van der Waals surface area contributed by atoms with Crippen LogP contribution in [-0.4, -0.2) is 13.2 Å². The summed E-state index contributed by atoms with van der Waals surface area (Å²) in [7, 11) is 1.63. The highest BCUT2D eigenvalue weighted by Gasteiger charge is 2.33. The summed E-state index contributed by atoms with van der Waals surface area (Å²) >= 11 is 6.10. The first kappa shape index (κ1) is 11.7. The first-order valence-corrected chi connectivity index (χ1v) is 6.09. The SMILES string of the molecule is COc1ccc(C(C)NC2CC2C)cc1Cl. The van der Waals surface area contributed by atoms with Crippen LogP contribution in [0.2, 0.25) is 5.02 Å². The third kappa shape index (κ3) is 2.50. The number of ether oxygens (including phenoxy) is 1. The molecule has 16 heavy (non-hydrogen) atoms. The molecule has 1 aliphatic carbocycles. The van der Waals surface area contributed by atoms with E-state index in [1.807, 2.05) is 12.1 Å². The zero-order valence-corrected chi connectivity index (χ0v) is 10.7. The molecule has 88 valence electrons. The molecule has 0 bridgehead atoms. The van der Waals surface area contributed by atoms with E-state index < -0.39 is 0 Å². The monoisotopic (exact) mass is 239 g/mol. The van der Waals surface area contributed by atoms with Gasteiger partial charge in [-0.05, 0) is 37.0 Å². The van der Waals surface area contributed by atoms with Crippen LogP contribution in [0.4, 0.5) is 0 Å². The summed E-state index contributed by atoms with van der Waals surface area (Å²) in [4.78, 5) is 0. The molecule has 1 N–H and O–H groups in total. The van der Waals surface area contributed by atoms with Gasteiger partial charge in [-0.2, -0.15) is 0 Å². The summed E-state index contributed by atoms with van der Waals surface area (Å²) in [6, 6.07) is 6.99. The molecule has 0 amide bonds. The number of methoxy groups -OCH3 is 1. The van der Waals surface area contributed by atoms with E-state index in [2.05, 4.69) is 25.2 Å². The lowest BCUT2D eigenvalue weighted by atomic mass is 10.1. The van der Waals surface area contributed by atoms with Crippen molar-refractivity contribution >= 4 is 11.6 Å². The average molecular weight is 240 g/mol. The van der Waals surface area contributed by atoms with Gasteiger partial charge in [0.25, 0.3) is 0 Å². The van der Waals surface area contributed by atoms with Crippen molar-refractivity contribution in [2.24, 2.45) is 5.92 Å². The Labute approximate surface area is 102 Å². The number of benzene rings is 1. The fraction of sp³-hybridized carbons (Fsp3) is 0.538. The van der Waals surface area contributed by atoms with Crippen LogP contribution in [0.5, 0.6) is 5.75 Å². The first-order chi connectivity index (χ1) is 7.61. The van der Waals surface area contributed by atoms with Crippen molar-refractivity contribution in [2.45, 2.75) is 32.4 Å². The highest BCUT2D eigenvalue weighted by atomic mass is 35.5. The third-order valence-electron chi connectivity index (χ3n) is 3.25. The van der Waals surface area contributed by atoms with Crippen molar-refractivity contribution < 1.29 is 4.74 Å². The summed E-state index contributed by atoms with van der Waals surface area (Å²) in [5.41, 5.74) is 1.21. The standard InChI is InChI=1S/C13H18ClNO/c1-8-6-12(8)15-9(2)10-4-5-13(16-3)11(14)7-10/h4-5,7-9,12,15H,6H2,1-3H3. The number of hydrogen-bond donors (Lipinski definition) is 1. The zero-order valence-electron chi connectivity index (χ0n) is 9.96. The molecular formula is C13H18ClNO. The maximum atomic E-state index is 6.10. The second kappa shape index (κ2) is 4.64. The second-order valence-electron chi connectivity index (χ2n) is 4.60. The summed E-state index contributed by atoms with van der Waals surface area (Å²) in [5, 5.41) is 4.26. The van der Waals surface area contributed by atoms with Crippen LogP contribution in [0.25, 0.3) is 0 Å². The molecule has 1 aliphatic rings. The van der Waals surface area contributed by atoms with Crippen molar-refractivity contribution in [2.75, 3.05) is 7.11 Å². The molecule has 0 spiro atoms. The number of halogens is 1. The van der Waals surface area contributed by atoms with Crippen LogP contribution in [0.3, 0.4) is 0 Å². The Kier molecular flexibility index (Phi) is 3.41. The van der Waals surface area contributed by atoms with Crippen molar-refractivity contribution in [3.63, 3.8) is 0 Å². The molecule has 3 heteroatoms. The Morgan fingerprint density at radius 2 is 2.19 bits per heavy atom. The van der Waals surface area contributed by atoms with Gasteiger partial charge in [-0.15, -0.1) is 0 Å². The molecule has 3 atom stereocenters. The Balaban J connectivity index is 2.05. The Hall–Kier alpha value is -0.730. The average Bonchev–Trinajstić information content (AvgIpc) is 2.94. The molecule has 0 aliphatic heterocycles. The van der Waals surface area contributed by atoms with Gasteiger partial charge in [-0.25, -0.2) is 0 Å². The second-order valence-corrected chi connectivity index (χ2v) is 5.01. The number of nitrogens with one attached hydrogen (secondary N) is 1. The predicted molar refractivity (Wildman–Crippen MR) is 67.1 cm³/mol. The minimum Gasteiger partial charge on any atom is -0.495 e. The van der Waals surface area contributed by atoms with Gasteiger partial charge < -0.3 is 10.1 Å². The topological polar surface area (TPSA) is 21.3 Å². The maximum Gasteiger partial charge on any atom is 0.137 e. The smallest absolute Gasteiger partial charge is 0.137 e. The van der Waals surface area contributed by atoms with Crippen molar-refractivity contribution in [3.05, 3.63) is 28.8 Å². The van der Waals surface area contributed by atoms with Crippen LogP contribution in [-0.2, 0) is 0 Å². The van der Waals surface area contributed by atoms with Gasteiger partial charge in [0.05, 0.1) is 12.1 Å². The van der Waals surface area contributed by atoms with Gasteiger partial charge in [0.2, 0.25) is 0 Å². The molecule has 2 nitrogen and oxygen atoms in total. The number of hydrogen-bond acceptors (Lipinski definition) is 2. The number of rotatable bonds is 4. The van der Waals surface area contributed by atoms with E-state index in [1.54, 1.807) is 7.11 Å². The highest BCUT2D eigenvalue weighted by Crippen LogP contribution is 2.33. The molecule has 0 heterocycles. The summed E-state index contributed by atoms with van der Waals surface area (Å²) in [6.07, 6.45) is 1.29. The van der Waals surface area contributed by atoms with Gasteiger partial charge in [0.15, 0.2) is 0 Å². The summed E-state index contributed by atoms with van der Waals surface area (Å²) in [6.45, 7) is 4.44. The van der Waals surface area contributed by atoms with Crippen LogP contribution in [0, 0.1) is 5.92 Å². The summed E-state index contributed by atoms with van der Waals surface area (Å²) in [5.74, 6) is 1.55. The van der Waals surface area contributed by atoms with Crippen LogP contribution in [0.1, 0.15) is 31.9 Å². The Morgan fingerprint density at radius 1 is 1.50 bits per heavy atom. The quantitative estimate of drug-likeness (QED) is 0.870. The normalized spacial score (nSPS) is 25.2. The molecule has 1 aromatic carbocycles. The lowest BCUT2D eigenvalue weighted by molar-refractivity contribution is 0.414. The van der Waals surface area contributed by atoms with E-state index in [1.165, 1.54) is 12.0 Å². The Morgan fingerprint density at radius 3 is 2.69 bits per heavy atom. The molecule has 0 saturated heterocycles. The molecule has 2 rings (SSSR count). The molecule has 1 aromatic rings. The lowest BCUT2D eigenvalue weighted by Crippen LogP contribution is -2.21. The van der Waals surface area contributed by atoms with E-state index >= 15 is 0 Å². The van der Waals surface area contributed by atoms with Crippen LogP contribution in [0.15, 0.2) is 18.2 Å². The van der Waals surface area contributed by atoms with Gasteiger partial charge in [0, 0.05) is 12.1 Å². The van der Waals surface area contributed by atoms with E-state index in [9.17, 15) is 0 Å². The predicted octanol–water partition coefficient (Wildman–Crippen LogP) is 3.41. The lowest BCUT2D eigenvalue weighted by Gasteiger charge is -2.15. The van der Waals surface area contributed by atoms with Crippen molar-refractivity contribution in [3.8, 4) is 5.75 Å². The molecule has 0 aromatic heterocycles. The summed E-state index contributed by atoms with van der Waals surface area (Å²) < 4.78 is 5.14. The van der Waals surface area contributed by atoms with Gasteiger partial charge in [-0.3, -0.25) is 0 Å². The van der Waals surface area contributed by atoms with Crippen molar-refractivity contribution in [1.82, 2.24) is 5.32 Å². The first-order valence-electron chi connectivity index (χ1n) is 5.71. The minimum atomic E-state index is 0.346. The molecule has 3 unspecified atom stereocenters. The van der Waals surface area contributed by atoms with Gasteiger partial charge >= 0.3 is 0 Å². The van der Waals surface area contributed by atoms with Crippen LogP contribution < -0.4 is 10.1 Å².